The van der Waals surface area contributed by atoms with Crippen LogP contribution in [0.4, 0.5) is 4.79 Å². The first-order chi connectivity index (χ1) is 14.0. The first-order valence-corrected chi connectivity index (χ1v) is 11.2. The van der Waals surface area contributed by atoms with Gasteiger partial charge in [-0.15, -0.1) is 0 Å². The number of amides is 1. The van der Waals surface area contributed by atoms with E-state index in [-0.39, 0.29) is 23.5 Å². The van der Waals surface area contributed by atoms with Crippen LogP contribution in [-0.2, 0) is 21.2 Å². The molecule has 0 aliphatic heterocycles. The number of aromatic nitrogens is 2. The second-order valence-electron chi connectivity index (χ2n) is 7.90. The third-order valence-corrected chi connectivity index (χ3v) is 6.46. The number of nitrogens with zero attached hydrogens (tertiary/aromatic N) is 3. The van der Waals surface area contributed by atoms with E-state index >= 15 is 0 Å². The Morgan fingerprint density at radius 1 is 1.20 bits per heavy atom. The molecular formula is C21H24ClN3O4S. The van der Waals surface area contributed by atoms with Crippen molar-refractivity contribution in [2.24, 2.45) is 0 Å². The molecule has 1 amide bonds. The van der Waals surface area contributed by atoms with Gasteiger partial charge in [-0.3, -0.25) is 0 Å². The maximum absolute atomic E-state index is 13.4. The molecule has 3 rings (SSSR count). The summed E-state index contributed by atoms with van der Waals surface area (Å²) in [6.07, 6.45) is 1.26. The van der Waals surface area contributed by atoms with E-state index < -0.39 is 21.7 Å². The molecular weight excluding hydrogens is 426 g/mol. The number of carbonyl (C=O) groups is 1. The summed E-state index contributed by atoms with van der Waals surface area (Å²) in [6, 6.07) is 11.4. The highest BCUT2D eigenvalue weighted by atomic mass is 35.5. The molecule has 0 unspecified atom stereocenters. The topological polar surface area (TPSA) is 81.5 Å². The van der Waals surface area contributed by atoms with Gasteiger partial charge in [0, 0.05) is 37.3 Å². The van der Waals surface area contributed by atoms with Gasteiger partial charge in [0.05, 0.1) is 9.92 Å². The van der Waals surface area contributed by atoms with Crippen molar-refractivity contribution >= 4 is 38.8 Å². The molecule has 2 heterocycles. The molecule has 0 bridgehead atoms. The Hall–Kier alpha value is -2.58. The average Bonchev–Trinajstić information content (AvgIpc) is 3.06. The Balaban J connectivity index is 2.00. The fourth-order valence-corrected chi connectivity index (χ4v) is 4.68. The van der Waals surface area contributed by atoms with Gasteiger partial charge in [0.2, 0.25) is 0 Å². The zero-order valence-electron chi connectivity index (χ0n) is 17.3. The van der Waals surface area contributed by atoms with Crippen LogP contribution in [0.3, 0.4) is 0 Å². The number of benzene rings is 1. The Morgan fingerprint density at radius 2 is 1.87 bits per heavy atom. The highest BCUT2D eigenvalue weighted by molar-refractivity contribution is 7.90. The van der Waals surface area contributed by atoms with E-state index in [4.69, 9.17) is 16.3 Å². The molecule has 0 saturated heterocycles. The quantitative estimate of drug-likeness (QED) is 0.578. The maximum atomic E-state index is 13.4. The summed E-state index contributed by atoms with van der Waals surface area (Å²) in [5.74, 6) is 0. The monoisotopic (exact) mass is 449 g/mol. The summed E-state index contributed by atoms with van der Waals surface area (Å²) in [4.78, 5) is 18.1. The van der Waals surface area contributed by atoms with Crippen LogP contribution < -0.4 is 0 Å². The normalized spacial score (nSPS) is 12.2. The average molecular weight is 450 g/mol. The lowest BCUT2D eigenvalue weighted by Crippen LogP contribution is -2.35. The van der Waals surface area contributed by atoms with Crippen LogP contribution in [-0.4, -0.2) is 47.6 Å². The molecule has 9 heteroatoms. The molecule has 0 radical (unpaired) electrons. The molecule has 0 N–H and O–H groups in total. The van der Waals surface area contributed by atoms with Gasteiger partial charge in [0.25, 0.3) is 10.0 Å². The molecule has 0 aliphatic carbocycles. The summed E-state index contributed by atoms with van der Waals surface area (Å²) in [5.41, 5.74) is 0.111. The minimum Gasteiger partial charge on any atom is -0.444 e. The van der Waals surface area contributed by atoms with Gasteiger partial charge in [-0.2, -0.15) is 0 Å². The van der Waals surface area contributed by atoms with Crippen molar-refractivity contribution < 1.29 is 17.9 Å². The van der Waals surface area contributed by atoms with Gasteiger partial charge in [-0.25, -0.2) is 22.2 Å². The zero-order chi connectivity index (χ0) is 22.1. The number of fused-ring (bicyclic) bond motifs is 1. The molecule has 3 aromatic rings. The largest absolute Gasteiger partial charge is 0.444 e. The van der Waals surface area contributed by atoms with Crippen molar-refractivity contribution in [1.82, 2.24) is 13.9 Å². The lowest BCUT2D eigenvalue weighted by atomic mass is 10.2. The van der Waals surface area contributed by atoms with Crippen LogP contribution in [0.2, 0.25) is 5.02 Å². The SMILES string of the molecule is CN(CCc1cc2c(Cl)ccnc2n1S(=O)(=O)c1ccccc1)C(=O)OC(C)(C)C. The predicted octanol–water partition coefficient (Wildman–Crippen LogP) is 4.34. The van der Waals surface area contributed by atoms with Gasteiger partial charge < -0.3 is 9.64 Å². The number of ether oxygens (including phenoxy) is 1. The Kier molecular flexibility index (Phi) is 6.10. The van der Waals surface area contributed by atoms with E-state index in [0.717, 1.165) is 0 Å². The van der Waals surface area contributed by atoms with E-state index in [1.165, 1.54) is 27.2 Å². The molecule has 1 aromatic carbocycles. The minimum absolute atomic E-state index is 0.144. The van der Waals surface area contributed by atoms with Gasteiger partial charge in [0.1, 0.15) is 5.60 Å². The third-order valence-electron chi connectivity index (χ3n) is 4.37. The first kappa shape index (κ1) is 22.1. The lowest BCUT2D eigenvalue weighted by molar-refractivity contribution is 0.0300. The summed E-state index contributed by atoms with van der Waals surface area (Å²) in [5, 5.41) is 0.942. The second-order valence-corrected chi connectivity index (χ2v) is 10.1. The lowest BCUT2D eigenvalue weighted by Gasteiger charge is -2.24. The van der Waals surface area contributed by atoms with Gasteiger partial charge in [-0.05, 0) is 45.0 Å². The maximum Gasteiger partial charge on any atom is 0.410 e. The summed E-state index contributed by atoms with van der Waals surface area (Å²) < 4.78 is 33.3. The highest BCUT2D eigenvalue weighted by Crippen LogP contribution is 2.29. The van der Waals surface area contributed by atoms with Crippen LogP contribution in [0.25, 0.3) is 11.0 Å². The number of rotatable bonds is 5. The molecule has 0 aliphatic rings. The summed E-state index contributed by atoms with van der Waals surface area (Å²) in [7, 11) is -2.30. The summed E-state index contributed by atoms with van der Waals surface area (Å²) >= 11 is 6.29. The van der Waals surface area contributed by atoms with Gasteiger partial charge >= 0.3 is 6.09 Å². The second kappa shape index (κ2) is 8.28. The number of likely N-dealkylation sites (N-methyl/N-ethyl adjacent to an activating group) is 1. The van der Waals surface area contributed by atoms with E-state index in [1.807, 2.05) is 0 Å². The van der Waals surface area contributed by atoms with Crippen molar-refractivity contribution in [3.8, 4) is 0 Å². The van der Waals surface area contributed by atoms with Crippen LogP contribution in [0.15, 0.2) is 53.6 Å². The van der Waals surface area contributed by atoms with Crippen molar-refractivity contribution in [2.75, 3.05) is 13.6 Å². The highest BCUT2D eigenvalue weighted by Gasteiger charge is 2.26. The minimum atomic E-state index is -3.91. The van der Waals surface area contributed by atoms with Crippen molar-refractivity contribution in [2.45, 2.75) is 37.7 Å². The molecule has 0 atom stereocenters. The number of hydrogen-bond donors (Lipinski definition) is 0. The molecule has 160 valence electrons. The van der Waals surface area contributed by atoms with Crippen molar-refractivity contribution in [3.63, 3.8) is 0 Å². The third kappa shape index (κ3) is 4.60. The summed E-state index contributed by atoms with van der Waals surface area (Å²) in [6.45, 7) is 5.62. The molecule has 7 nitrogen and oxygen atoms in total. The fraction of sp³-hybridized carbons (Fsp3) is 0.333. The molecule has 0 spiro atoms. The van der Waals surface area contributed by atoms with E-state index in [2.05, 4.69) is 4.98 Å². The van der Waals surface area contributed by atoms with E-state index in [0.29, 0.717) is 16.1 Å². The molecule has 0 saturated carbocycles. The number of hydrogen-bond acceptors (Lipinski definition) is 5. The zero-order valence-corrected chi connectivity index (χ0v) is 18.9. The first-order valence-electron chi connectivity index (χ1n) is 9.40. The van der Waals surface area contributed by atoms with Crippen LogP contribution in [0, 0.1) is 0 Å². The van der Waals surface area contributed by atoms with Crippen molar-refractivity contribution in [3.05, 3.63) is 59.4 Å². The Bertz CT molecular complexity index is 1170. The molecule has 2 aromatic heterocycles. The Labute approximate surface area is 181 Å². The molecule has 30 heavy (non-hydrogen) atoms. The van der Waals surface area contributed by atoms with Crippen molar-refractivity contribution in [1.29, 1.82) is 0 Å². The standard InChI is InChI=1S/C21H24ClN3O4S/c1-21(2,3)29-20(26)24(4)13-11-15-14-17-18(22)10-12-23-19(17)25(15)30(27,28)16-8-6-5-7-9-16/h5-10,12,14H,11,13H2,1-4H3. The Morgan fingerprint density at radius 3 is 2.50 bits per heavy atom. The number of pyridine rings is 1. The number of halogens is 1. The fourth-order valence-electron chi connectivity index (χ4n) is 2.95. The van der Waals surface area contributed by atoms with Gasteiger partial charge in [-0.1, -0.05) is 29.8 Å². The molecule has 0 fully saturated rings. The van der Waals surface area contributed by atoms with Crippen LogP contribution in [0.5, 0.6) is 0 Å². The number of carbonyl (C=O) groups excluding carboxylic acids is 1. The van der Waals surface area contributed by atoms with E-state index in [1.54, 1.807) is 58.2 Å². The van der Waals surface area contributed by atoms with Crippen LogP contribution in [0.1, 0.15) is 26.5 Å². The predicted molar refractivity (Wildman–Crippen MR) is 116 cm³/mol. The van der Waals surface area contributed by atoms with E-state index in [9.17, 15) is 13.2 Å². The van der Waals surface area contributed by atoms with Gasteiger partial charge in [0.15, 0.2) is 5.65 Å². The smallest absolute Gasteiger partial charge is 0.410 e. The van der Waals surface area contributed by atoms with Crippen LogP contribution >= 0.6 is 11.6 Å².